The van der Waals surface area contributed by atoms with Gasteiger partial charge in [-0.25, -0.2) is 9.97 Å². The molecule has 1 atom stereocenters. The van der Waals surface area contributed by atoms with Gasteiger partial charge >= 0.3 is 0 Å². The Morgan fingerprint density at radius 3 is 2.58 bits per heavy atom. The SMILES string of the molecule is OC(c1cccc(Cl)c1)c1ncnc2sc(-c3ccccc3)cc12. The van der Waals surface area contributed by atoms with Crippen molar-refractivity contribution in [2.45, 2.75) is 6.10 Å². The molecular formula is C19H13ClN2OS. The summed E-state index contributed by atoms with van der Waals surface area (Å²) in [6.07, 6.45) is 0.656. The molecule has 4 rings (SSSR count). The third-order valence-corrected chi connectivity index (χ3v) is 5.17. The van der Waals surface area contributed by atoms with Crippen LogP contribution in [0.2, 0.25) is 5.02 Å². The number of aromatic nitrogens is 2. The molecule has 4 aromatic rings. The lowest BCUT2D eigenvalue weighted by Gasteiger charge is -2.11. The second-order valence-corrected chi connectivity index (χ2v) is 6.88. The highest BCUT2D eigenvalue weighted by molar-refractivity contribution is 7.21. The molecule has 24 heavy (non-hydrogen) atoms. The van der Waals surface area contributed by atoms with Crippen LogP contribution in [0.4, 0.5) is 0 Å². The van der Waals surface area contributed by atoms with E-state index in [-0.39, 0.29) is 0 Å². The summed E-state index contributed by atoms with van der Waals surface area (Å²) in [7, 11) is 0. The van der Waals surface area contributed by atoms with Gasteiger partial charge in [0.2, 0.25) is 0 Å². The van der Waals surface area contributed by atoms with E-state index in [9.17, 15) is 5.11 Å². The lowest BCUT2D eigenvalue weighted by Crippen LogP contribution is -2.03. The fourth-order valence-electron chi connectivity index (χ4n) is 2.67. The first-order valence-corrected chi connectivity index (χ1v) is 8.65. The molecule has 0 saturated carbocycles. The normalized spacial score (nSPS) is 12.4. The van der Waals surface area contributed by atoms with Gasteiger partial charge in [-0.1, -0.05) is 54.1 Å². The van der Waals surface area contributed by atoms with Gasteiger partial charge in [0.05, 0.1) is 5.69 Å². The summed E-state index contributed by atoms with van der Waals surface area (Å²) in [5.41, 5.74) is 2.44. The fraction of sp³-hybridized carbons (Fsp3) is 0.0526. The van der Waals surface area contributed by atoms with Crippen LogP contribution in [-0.4, -0.2) is 15.1 Å². The molecule has 0 aliphatic carbocycles. The van der Waals surface area contributed by atoms with E-state index >= 15 is 0 Å². The van der Waals surface area contributed by atoms with Gasteiger partial charge in [-0.05, 0) is 29.3 Å². The average molecular weight is 353 g/mol. The summed E-state index contributed by atoms with van der Waals surface area (Å²) >= 11 is 7.63. The van der Waals surface area contributed by atoms with Crippen molar-refractivity contribution in [3.8, 4) is 10.4 Å². The molecule has 2 heterocycles. The van der Waals surface area contributed by atoms with Crippen LogP contribution in [-0.2, 0) is 0 Å². The Hall–Kier alpha value is -2.27. The minimum Gasteiger partial charge on any atom is -0.382 e. The van der Waals surface area contributed by atoms with Crippen molar-refractivity contribution < 1.29 is 5.11 Å². The summed E-state index contributed by atoms with van der Waals surface area (Å²) in [6.45, 7) is 0. The molecule has 0 aliphatic rings. The van der Waals surface area contributed by atoms with Crippen LogP contribution >= 0.6 is 22.9 Å². The maximum Gasteiger partial charge on any atom is 0.127 e. The highest BCUT2D eigenvalue weighted by Gasteiger charge is 2.18. The van der Waals surface area contributed by atoms with E-state index in [4.69, 9.17) is 11.6 Å². The molecule has 2 aromatic carbocycles. The molecule has 0 bridgehead atoms. The zero-order valence-electron chi connectivity index (χ0n) is 12.6. The topological polar surface area (TPSA) is 46.0 Å². The first-order valence-electron chi connectivity index (χ1n) is 7.46. The Labute approximate surface area is 148 Å². The molecule has 0 radical (unpaired) electrons. The zero-order chi connectivity index (χ0) is 16.5. The lowest BCUT2D eigenvalue weighted by molar-refractivity contribution is 0.217. The zero-order valence-corrected chi connectivity index (χ0v) is 14.1. The minimum absolute atomic E-state index is 0.590. The van der Waals surface area contributed by atoms with Gasteiger partial charge in [0.25, 0.3) is 0 Å². The van der Waals surface area contributed by atoms with Crippen molar-refractivity contribution in [3.05, 3.63) is 83.3 Å². The smallest absolute Gasteiger partial charge is 0.127 e. The minimum atomic E-state index is -0.840. The second kappa shape index (κ2) is 6.32. The van der Waals surface area contributed by atoms with Gasteiger partial charge < -0.3 is 5.11 Å². The fourth-order valence-corrected chi connectivity index (χ4v) is 3.88. The molecule has 0 amide bonds. The maximum absolute atomic E-state index is 10.7. The first-order chi connectivity index (χ1) is 11.7. The first kappa shape index (κ1) is 15.3. The largest absolute Gasteiger partial charge is 0.382 e. The molecule has 0 fully saturated rings. The molecule has 1 unspecified atom stereocenters. The number of hydrogen-bond donors (Lipinski definition) is 1. The van der Waals surface area contributed by atoms with Crippen molar-refractivity contribution in [1.29, 1.82) is 0 Å². The number of fused-ring (bicyclic) bond motifs is 1. The monoisotopic (exact) mass is 352 g/mol. The van der Waals surface area contributed by atoms with E-state index in [1.54, 1.807) is 23.5 Å². The third-order valence-electron chi connectivity index (χ3n) is 3.84. The summed E-state index contributed by atoms with van der Waals surface area (Å²) in [4.78, 5) is 10.6. The van der Waals surface area contributed by atoms with Crippen LogP contribution in [0.5, 0.6) is 0 Å². The third kappa shape index (κ3) is 2.80. The van der Waals surface area contributed by atoms with Gasteiger partial charge in [0.1, 0.15) is 17.3 Å². The Balaban J connectivity index is 1.83. The Bertz CT molecular complexity index is 1000. The predicted molar refractivity (Wildman–Crippen MR) is 98.4 cm³/mol. The average Bonchev–Trinajstić information content (AvgIpc) is 3.06. The lowest BCUT2D eigenvalue weighted by atomic mass is 10.0. The van der Waals surface area contributed by atoms with Crippen molar-refractivity contribution in [1.82, 2.24) is 9.97 Å². The predicted octanol–water partition coefficient (Wildman–Crippen LogP) is 5.09. The molecule has 0 spiro atoms. The van der Waals surface area contributed by atoms with Gasteiger partial charge in [-0.3, -0.25) is 0 Å². The molecular weight excluding hydrogens is 340 g/mol. The number of hydrogen-bond acceptors (Lipinski definition) is 4. The summed E-state index contributed by atoms with van der Waals surface area (Å²) < 4.78 is 0. The second-order valence-electron chi connectivity index (χ2n) is 5.41. The van der Waals surface area contributed by atoms with E-state index in [2.05, 4.69) is 22.1 Å². The Morgan fingerprint density at radius 1 is 0.958 bits per heavy atom. The molecule has 1 N–H and O–H groups in total. The highest BCUT2D eigenvalue weighted by Crippen LogP contribution is 2.36. The van der Waals surface area contributed by atoms with E-state index in [0.29, 0.717) is 10.7 Å². The summed E-state index contributed by atoms with van der Waals surface area (Å²) in [5.74, 6) is 0. The van der Waals surface area contributed by atoms with Crippen LogP contribution in [0.25, 0.3) is 20.7 Å². The van der Waals surface area contributed by atoms with E-state index in [1.165, 1.54) is 6.33 Å². The number of rotatable bonds is 3. The molecule has 2 aromatic heterocycles. The summed E-state index contributed by atoms with van der Waals surface area (Å²) in [5, 5.41) is 12.2. The van der Waals surface area contributed by atoms with E-state index in [1.807, 2.05) is 36.4 Å². The maximum atomic E-state index is 10.7. The Morgan fingerprint density at radius 2 is 1.79 bits per heavy atom. The van der Waals surface area contributed by atoms with Crippen LogP contribution < -0.4 is 0 Å². The molecule has 5 heteroatoms. The number of halogens is 1. The van der Waals surface area contributed by atoms with Crippen LogP contribution in [0, 0.1) is 0 Å². The summed E-state index contributed by atoms with van der Waals surface area (Å²) in [6, 6.07) is 19.4. The van der Waals surface area contributed by atoms with Gasteiger partial charge in [-0.15, -0.1) is 11.3 Å². The quantitative estimate of drug-likeness (QED) is 0.558. The molecule has 0 saturated heterocycles. The number of aliphatic hydroxyl groups excluding tert-OH is 1. The van der Waals surface area contributed by atoms with Crippen LogP contribution in [0.3, 0.4) is 0 Å². The standard InChI is InChI=1S/C19H13ClN2OS/c20-14-8-4-7-13(9-14)18(23)17-15-10-16(12-5-2-1-3-6-12)24-19(15)22-11-21-17/h1-11,18,23H. The van der Waals surface area contributed by atoms with Crippen molar-refractivity contribution >= 4 is 33.2 Å². The number of aliphatic hydroxyl groups is 1. The van der Waals surface area contributed by atoms with Crippen LogP contribution in [0.1, 0.15) is 17.4 Å². The number of nitrogens with zero attached hydrogens (tertiary/aromatic N) is 2. The Kier molecular flexibility index (Phi) is 4.02. The number of benzene rings is 2. The van der Waals surface area contributed by atoms with Gasteiger partial charge in [0.15, 0.2) is 0 Å². The molecule has 118 valence electrons. The van der Waals surface area contributed by atoms with Crippen molar-refractivity contribution in [2.75, 3.05) is 0 Å². The molecule has 3 nitrogen and oxygen atoms in total. The van der Waals surface area contributed by atoms with Gasteiger partial charge in [-0.2, -0.15) is 0 Å². The van der Waals surface area contributed by atoms with Crippen LogP contribution in [0.15, 0.2) is 67.0 Å². The highest BCUT2D eigenvalue weighted by atomic mass is 35.5. The molecule has 0 aliphatic heterocycles. The van der Waals surface area contributed by atoms with Crippen molar-refractivity contribution in [3.63, 3.8) is 0 Å². The van der Waals surface area contributed by atoms with Gasteiger partial charge in [0, 0.05) is 15.3 Å². The van der Waals surface area contributed by atoms with E-state index in [0.717, 1.165) is 26.2 Å². The van der Waals surface area contributed by atoms with Crippen molar-refractivity contribution in [2.24, 2.45) is 0 Å². The number of thiophene rings is 1. The van der Waals surface area contributed by atoms with E-state index < -0.39 is 6.10 Å².